The van der Waals surface area contributed by atoms with E-state index < -0.39 is 6.10 Å². The van der Waals surface area contributed by atoms with Gasteiger partial charge in [0, 0.05) is 0 Å². The topological polar surface area (TPSA) is 38.3 Å². The number of amides is 1. The first-order valence-corrected chi connectivity index (χ1v) is 7.82. The molecule has 0 unspecified atom stereocenters. The van der Waals surface area contributed by atoms with Gasteiger partial charge in [-0.3, -0.25) is 4.79 Å². The monoisotopic (exact) mass is 317 g/mol. The molecule has 0 aliphatic heterocycles. The maximum atomic E-state index is 12.3. The van der Waals surface area contributed by atoms with Crippen molar-refractivity contribution in [1.29, 1.82) is 0 Å². The molecular weight excluding hydrogens is 298 g/mol. The van der Waals surface area contributed by atoms with E-state index in [9.17, 15) is 4.79 Å². The molecule has 3 nitrogen and oxygen atoms in total. The van der Waals surface area contributed by atoms with Gasteiger partial charge in [0.1, 0.15) is 5.75 Å². The predicted octanol–water partition coefficient (Wildman–Crippen LogP) is 4.70. The van der Waals surface area contributed by atoms with Crippen LogP contribution in [0.15, 0.2) is 48.5 Å². The van der Waals surface area contributed by atoms with E-state index in [1.807, 2.05) is 43.3 Å². The van der Waals surface area contributed by atoms with Crippen molar-refractivity contribution in [2.75, 3.05) is 5.32 Å². The molecule has 2 aromatic carbocycles. The molecule has 22 heavy (non-hydrogen) atoms. The Kier molecular flexibility index (Phi) is 5.84. The first-order valence-electron chi connectivity index (χ1n) is 7.45. The lowest BCUT2D eigenvalue weighted by Crippen LogP contribution is -2.32. The molecule has 0 bridgehead atoms. The molecule has 0 spiro atoms. The lowest BCUT2D eigenvalue weighted by Gasteiger charge is -2.18. The Morgan fingerprint density at radius 1 is 1.14 bits per heavy atom. The van der Waals surface area contributed by atoms with Gasteiger partial charge in [-0.25, -0.2) is 0 Å². The van der Waals surface area contributed by atoms with Crippen molar-refractivity contribution < 1.29 is 9.53 Å². The molecule has 2 rings (SSSR count). The Hall–Kier alpha value is -2.00. The number of hydrogen-bond acceptors (Lipinski definition) is 2. The van der Waals surface area contributed by atoms with Gasteiger partial charge in [-0.15, -0.1) is 0 Å². The van der Waals surface area contributed by atoms with E-state index in [2.05, 4.69) is 12.2 Å². The van der Waals surface area contributed by atoms with Crippen molar-refractivity contribution in [3.8, 4) is 5.75 Å². The van der Waals surface area contributed by atoms with Crippen LogP contribution in [0.1, 0.15) is 25.8 Å². The second-order valence-electron chi connectivity index (χ2n) is 4.98. The maximum Gasteiger partial charge on any atom is 0.265 e. The zero-order valence-corrected chi connectivity index (χ0v) is 13.6. The third kappa shape index (κ3) is 4.25. The molecule has 4 heteroatoms. The summed E-state index contributed by atoms with van der Waals surface area (Å²) in [5.41, 5.74) is 1.83. The van der Waals surface area contributed by atoms with Crippen LogP contribution in [0.5, 0.6) is 5.75 Å². The van der Waals surface area contributed by atoms with Gasteiger partial charge in [-0.05, 0) is 42.7 Å². The van der Waals surface area contributed by atoms with Crippen LogP contribution in [-0.4, -0.2) is 12.0 Å². The van der Waals surface area contributed by atoms with Crippen LogP contribution in [0.2, 0.25) is 5.02 Å². The smallest absolute Gasteiger partial charge is 0.265 e. The van der Waals surface area contributed by atoms with E-state index >= 15 is 0 Å². The Bertz CT molecular complexity index is 625. The SMILES string of the molecule is CCc1ccc(O[C@@H](CC)C(=O)Nc2ccccc2Cl)cc1. The number of nitrogens with one attached hydrogen (secondary N) is 1. The largest absolute Gasteiger partial charge is 0.481 e. The number of carbonyl (C=O) groups is 1. The molecule has 0 heterocycles. The Balaban J connectivity index is 2.03. The molecule has 116 valence electrons. The van der Waals surface area contributed by atoms with E-state index in [0.29, 0.717) is 22.9 Å². The summed E-state index contributed by atoms with van der Waals surface area (Å²) in [6.07, 6.45) is 1.000. The summed E-state index contributed by atoms with van der Waals surface area (Å²) in [7, 11) is 0. The number of halogens is 1. The normalized spacial score (nSPS) is 11.8. The van der Waals surface area contributed by atoms with Crippen LogP contribution >= 0.6 is 11.6 Å². The number of carbonyl (C=O) groups excluding carboxylic acids is 1. The average Bonchev–Trinajstić information content (AvgIpc) is 2.55. The lowest BCUT2D eigenvalue weighted by atomic mass is 10.1. The van der Waals surface area contributed by atoms with Crippen molar-refractivity contribution in [3.63, 3.8) is 0 Å². The maximum absolute atomic E-state index is 12.3. The lowest BCUT2D eigenvalue weighted by molar-refractivity contribution is -0.122. The van der Waals surface area contributed by atoms with Crippen LogP contribution < -0.4 is 10.1 Å². The van der Waals surface area contributed by atoms with Gasteiger partial charge in [-0.2, -0.15) is 0 Å². The number of rotatable bonds is 6. The predicted molar refractivity (Wildman–Crippen MR) is 90.6 cm³/mol. The summed E-state index contributed by atoms with van der Waals surface area (Å²) < 4.78 is 5.78. The van der Waals surface area contributed by atoms with Crippen LogP contribution in [-0.2, 0) is 11.2 Å². The third-order valence-electron chi connectivity index (χ3n) is 3.40. The summed E-state index contributed by atoms with van der Waals surface area (Å²) in [4.78, 5) is 12.3. The van der Waals surface area contributed by atoms with E-state index in [1.54, 1.807) is 12.1 Å². The first kappa shape index (κ1) is 16.4. The zero-order valence-electron chi connectivity index (χ0n) is 12.8. The fraction of sp³-hybridized carbons (Fsp3) is 0.278. The van der Waals surface area contributed by atoms with Gasteiger partial charge < -0.3 is 10.1 Å². The first-order chi connectivity index (χ1) is 10.6. The van der Waals surface area contributed by atoms with E-state index in [0.717, 1.165) is 6.42 Å². The highest BCUT2D eigenvalue weighted by molar-refractivity contribution is 6.33. The number of anilines is 1. The number of hydrogen-bond donors (Lipinski definition) is 1. The van der Waals surface area contributed by atoms with Gasteiger partial charge in [0.2, 0.25) is 0 Å². The molecule has 1 amide bonds. The Morgan fingerprint density at radius 2 is 1.82 bits per heavy atom. The standard InChI is InChI=1S/C18H20ClNO2/c1-3-13-9-11-14(12-10-13)22-17(4-2)18(21)20-16-8-6-5-7-15(16)19/h5-12,17H,3-4H2,1-2H3,(H,20,21)/t17-/m0/s1. The molecule has 1 N–H and O–H groups in total. The van der Waals surface area contributed by atoms with Gasteiger partial charge in [0.25, 0.3) is 5.91 Å². The molecule has 0 radical (unpaired) electrons. The second kappa shape index (κ2) is 7.85. The molecule has 1 atom stereocenters. The molecule has 2 aromatic rings. The van der Waals surface area contributed by atoms with E-state index in [4.69, 9.17) is 16.3 Å². The van der Waals surface area contributed by atoms with Crippen molar-refractivity contribution in [3.05, 3.63) is 59.1 Å². The summed E-state index contributed by atoms with van der Waals surface area (Å²) in [6.45, 7) is 4.01. The summed E-state index contributed by atoms with van der Waals surface area (Å²) >= 11 is 6.05. The Labute approximate surface area is 136 Å². The van der Waals surface area contributed by atoms with Crippen molar-refractivity contribution in [2.24, 2.45) is 0 Å². The fourth-order valence-electron chi connectivity index (χ4n) is 2.07. The summed E-state index contributed by atoms with van der Waals surface area (Å²) in [6, 6.07) is 15.0. The minimum absolute atomic E-state index is 0.199. The minimum atomic E-state index is -0.552. The van der Waals surface area contributed by atoms with Gasteiger partial charge in [-0.1, -0.05) is 49.7 Å². The van der Waals surface area contributed by atoms with Crippen molar-refractivity contribution in [1.82, 2.24) is 0 Å². The molecule has 0 aromatic heterocycles. The number of ether oxygens (including phenoxy) is 1. The second-order valence-corrected chi connectivity index (χ2v) is 5.39. The highest BCUT2D eigenvalue weighted by Gasteiger charge is 2.19. The van der Waals surface area contributed by atoms with E-state index in [1.165, 1.54) is 5.56 Å². The fourth-order valence-corrected chi connectivity index (χ4v) is 2.25. The van der Waals surface area contributed by atoms with E-state index in [-0.39, 0.29) is 5.91 Å². The van der Waals surface area contributed by atoms with Gasteiger partial charge in [0.15, 0.2) is 6.10 Å². The average molecular weight is 318 g/mol. The number of para-hydroxylation sites is 1. The number of aryl methyl sites for hydroxylation is 1. The van der Waals surface area contributed by atoms with Gasteiger partial charge >= 0.3 is 0 Å². The van der Waals surface area contributed by atoms with Crippen LogP contribution in [0.4, 0.5) is 5.69 Å². The molecule has 0 aliphatic rings. The summed E-state index contributed by atoms with van der Waals surface area (Å²) in [5, 5.41) is 3.32. The van der Waals surface area contributed by atoms with Crippen LogP contribution in [0.3, 0.4) is 0 Å². The zero-order chi connectivity index (χ0) is 15.9. The molecule has 0 aliphatic carbocycles. The highest BCUT2D eigenvalue weighted by atomic mass is 35.5. The quantitative estimate of drug-likeness (QED) is 0.838. The minimum Gasteiger partial charge on any atom is -0.481 e. The third-order valence-corrected chi connectivity index (χ3v) is 3.73. The number of benzene rings is 2. The molecule has 0 fully saturated rings. The summed E-state index contributed by atoms with van der Waals surface area (Å²) in [5.74, 6) is 0.494. The van der Waals surface area contributed by atoms with Crippen molar-refractivity contribution in [2.45, 2.75) is 32.8 Å². The molecular formula is C18H20ClNO2. The molecule has 0 saturated carbocycles. The molecule has 0 saturated heterocycles. The Morgan fingerprint density at radius 3 is 2.41 bits per heavy atom. The van der Waals surface area contributed by atoms with Crippen LogP contribution in [0, 0.1) is 0 Å². The highest BCUT2D eigenvalue weighted by Crippen LogP contribution is 2.22. The van der Waals surface area contributed by atoms with Crippen LogP contribution in [0.25, 0.3) is 0 Å². The van der Waals surface area contributed by atoms with Crippen molar-refractivity contribution >= 4 is 23.2 Å². The van der Waals surface area contributed by atoms with Gasteiger partial charge in [0.05, 0.1) is 10.7 Å².